The van der Waals surface area contributed by atoms with Gasteiger partial charge in [0.2, 0.25) is 5.91 Å². The Morgan fingerprint density at radius 2 is 2.23 bits per heavy atom. The van der Waals surface area contributed by atoms with Gasteiger partial charge >= 0.3 is 0 Å². The fourth-order valence-corrected chi connectivity index (χ4v) is 3.07. The number of hydrogen-bond donors (Lipinski definition) is 0. The fourth-order valence-electron chi connectivity index (χ4n) is 3.07. The van der Waals surface area contributed by atoms with Crippen LogP contribution in [0.1, 0.15) is 37.4 Å². The van der Waals surface area contributed by atoms with Gasteiger partial charge in [-0.05, 0) is 19.9 Å². The maximum atomic E-state index is 13.2. The molecule has 2 bridgehead atoms. The Kier molecular flexibility index (Phi) is 3.32. The number of alkyl halides is 2. The average Bonchev–Trinajstić information content (AvgIpc) is 2.83. The highest BCUT2D eigenvalue weighted by molar-refractivity contribution is 5.83. The molecule has 0 unspecified atom stereocenters. The highest BCUT2D eigenvalue weighted by Crippen LogP contribution is 2.46. The molecule has 2 heterocycles. The van der Waals surface area contributed by atoms with Crippen molar-refractivity contribution in [3.63, 3.8) is 0 Å². The molecule has 1 amide bonds. The Morgan fingerprint density at radius 3 is 2.86 bits per heavy atom. The number of hydrogen-bond acceptors (Lipinski definition) is 3. The molecule has 0 aromatic heterocycles. The maximum Gasteiger partial charge on any atom is 0.252 e. The molecule has 4 nitrogen and oxygen atoms in total. The lowest BCUT2D eigenvalue weighted by Crippen LogP contribution is -2.44. The normalized spacial score (nSPS) is 23.0. The summed E-state index contributed by atoms with van der Waals surface area (Å²) in [7, 11) is 0. The van der Waals surface area contributed by atoms with Crippen molar-refractivity contribution in [3.8, 4) is 11.8 Å². The molecular formula is C16H16F2N2O2. The first kappa shape index (κ1) is 14.8. The van der Waals surface area contributed by atoms with Crippen LogP contribution in [0.5, 0.6) is 5.75 Å². The number of fused-ring (bicyclic) bond motifs is 4. The van der Waals surface area contributed by atoms with Crippen LogP contribution in [0, 0.1) is 16.7 Å². The van der Waals surface area contributed by atoms with E-state index in [1.165, 1.54) is 18.7 Å². The van der Waals surface area contributed by atoms with Gasteiger partial charge in [-0.15, -0.1) is 0 Å². The molecule has 0 N–H and O–H groups in total. The average molecular weight is 306 g/mol. The lowest BCUT2D eigenvalue weighted by molar-refractivity contribution is -0.149. The summed E-state index contributed by atoms with van der Waals surface area (Å²) in [6.07, 6.45) is -2.40. The topological polar surface area (TPSA) is 53.3 Å². The monoisotopic (exact) mass is 306 g/mol. The van der Waals surface area contributed by atoms with Crippen LogP contribution in [0.15, 0.2) is 18.2 Å². The molecular weight excluding hydrogens is 290 g/mol. The van der Waals surface area contributed by atoms with Crippen molar-refractivity contribution in [3.05, 3.63) is 29.3 Å². The van der Waals surface area contributed by atoms with Crippen LogP contribution in [0.2, 0.25) is 0 Å². The summed E-state index contributed by atoms with van der Waals surface area (Å²) in [5.74, 6) is -0.0924. The zero-order chi connectivity index (χ0) is 16.1. The Hall–Kier alpha value is -2.16. The number of carbonyl (C=O) groups excluding carboxylic acids is 1. The number of halogens is 2. The molecule has 2 aliphatic rings. The van der Waals surface area contributed by atoms with Gasteiger partial charge in [0.15, 0.2) is 0 Å². The lowest BCUT2D eigenvalue weighted by Gasteiger charge is -2.32. The summed E-state index contributed by atoms with van der Waals surface area (Å²) in [5, 5.41) is 9.15. The van der Waals surface area contributed by atoms with Gasteiger partial charge in [0, 0.05) is 12.0 Å². The third-order valence-corrected chi connectivity index (χ3v) is 4.43. The van der Waals surface area contributed by atoms with Gasteiger partial charge < -0.3 is 9.64 Å². The number of nitrogens with zero attached hydrogens (tertiary/aromatic N) is 2. The number of benzene rings is 1. The smallest absolute Gasteiger partial charge is 0.252 e. The molecule has 0 aliphatic carbocycles. The van der Waals surface area contributed by atoms with E-state index in [0.29, 0.717) is 17.7 Å². The number of likely N-dealkylation sites (tertiary alicyclic amines) is 1. The van der Waals surface area contributed by atoms with Crippen LogP contribution in [0.25, 0.3) is 0 Å². The van der Waals surface area contributed by atoms with Crippen molar-refractivity contribution in [1.82, 2.24) is 4.90 Å². The zero-order valence-corrected chi connectivity index (χ0v) is 12.3. The molecule has 3 rings (SSSR count). The minimum Gasteiger partial charge on any atom is -0.487 e. The summed E-state index contributed by atoms with van der Waals surface area (Å²) in [5.41, 5.74) is -0.592. The summed E-state index contributed by atoms with van der Waals surface area (Å²) < 4.78 is 32.1. The van der Waals surface area contributed by atoms with Crippen LogP contribution >= 0.6 is 0 Å². The number of nitriles is 1. The van der Waals surface area contributed by atoms with Crippen molar-refractivity contribution in [1.29, 1.82) is 5.26 Å². The van der Waals surface area contributed by atoms with Crippen LogP contribution in [0.3, 0.4) is 0 Å². The molecule has 2 aliphatic heterocycles. The van der Waals surface area contributed by atoms with Crippen molar-refractivity contribution in [2.45, 2.75) is 38.8 Å². The number of rotatable bonds is 2. The van der Waals surface area contributed by atoms with Crippen molar-refractivity contribution in [2.75, 3.05) is 6.54 Å². The molecule has 1 saturated heterocycles. The summed E-state index contributed by atoms with van der Waals surface area (Å²) >= 11 is 0. The van der Waals surface area contributed by atoms with Gasteiger partial charge in [0.1, 0.15) is 23.3 Å². The van der Waals surface area contributed by atoms with E-state index >= 15 is 0 Å². The van der Waals surface area contributed by atoms with E-state index in [9.17, 15) is 13.6 Å². The molecule has 0 saturated carbocycles. The predicted molar refractivity (Wildman–Crippen MR) is 74.4 cm³/mol. The number of amides is 1. The minimum atomic E-state index is -2.73. The second kappa shape index (κ2) is 4.94. The largest absolute Gasteiger partial charge is 0.487 e. The van der Waals surface area contributed by atoms with E-state index in [1.807, 2.05) is 0 Å². The Balaban J connectivity index is 1.99. The Morgan fingerprint density at radius 1 is 1.50 bits per heavy atom. The highest BCUT2D eigenvalue weighted by Gasteiger charge is 2.49. The first-order valence-corrected chi connectivity index (χ1v) is 7.15. The summed E-state index contributed by atoms with van der Waals surface area (Å²) in [4.78, 5) is 14.0. The van der Waals surface area contributed by atoms with Gasteiger partial charge in [-0.2, -0.15) is 5.26 Å². The summed E-state index contributed by atoms with van der Waals surface area (Å²) in [6.45, 7) is 2.80. The van der Waals surface area contributed by atoms with E-state index in [2.05, 4.69) is 6.07 Å². The van der Waals surface area contributed by atoms with Crippen LogP contribution < -0.4 is 4.74 Å². The molecule has 116 valence electrons. The minimum absolute atomic E-state index is 0.246. The van der Waals surface area contributed by atoms with Gasteiger partial charge in [-0.3, -0.25) is 4.79 Å². The molecule has 1 aromatic carbocycles. The number of ether oxygens (including phenoxy) is 1. The van der Waals surface area contributed by atoms with Crippen molar-refractivity contribution >= 4 is 5.91 Å². The standard InChI is InChI=1S/C16H16F2N2O2/c1-16(2,14(17)18)15(21)20-8-10-6-12(20)11-5-3-4-9(7-19)13(11)22-10/h3-5,10,12,14H,6,8H2,1-2H3/t10-,12-/m0/s1. The Labute approximate surface area is 127 Å². The first-order chi connectivity index (χ1) is 10.4. The van der Waals surface area contributed by atoms with E-state index in [1.54, 1.807) is 18.2 Å². The second-order valence-corrected chi connectivity index (χ2v) is 6.31. The van der Waals surface area contributed by atoms with E-state index in [0.717, 1.165) is 5.56 Å². The molecule has 0 spiro atoms. The third kappa shape index (κ3) is 2.04. The zero-order valence-electron chi connectivity index (χ0n) is 12.3. The molecule has 1 aromatic rings. The number of carbonyl (C=O) groups is 1. The maximum absolute atomic E-state index is 13.2. The SMILES string of the molecule is CC(C)(C(=O)N1C[C@@H]2C[C@H]1c1cccc(C#N)c1O2)C(F)F. The van der Waals surface area contributed by atoms with Gasteiger partial charge in [0.05, 0.1) is 18.2 Å². The van der Waals surface area contributed by atoms with E-state index in [4.69, 9.17) is 10.00 Å². The quantitative estimate of drug-likeness (QED) is 0.844. The second-order valence-electron chi connectivity index (χ2n) is 6.31. The molecule has 1 fully saturated rings. The van der Waals surface area contributed by atoms with Crippen LogP contribution in [-0.2, 0) is 4.79 Å². The van der Waals surface area contributed by atoms with E-state index in [-0.39, 0.29) is 18.7 Å². The molecule has 6 heteroatoms. The number of para-hydroxylation sites is 1. The summed E-state index contributed by atoms with van der Waals surface area (Å²) in [6, 6.07) is 6.93. The van der Waals surface area contributed by atoms with Crippen LogP contribution in [0.4, 0.5) is 8.78 Å². The van der Waals surface area contributed by atoms with Gasteiger partial charge in [0.25, 0.3) is 6.43 Å². The molecule has 2 atom stereocenters. The fraction of sp³-hybridized carbons (Fsp3) is 0.500. The molecule has 0 radical (unpaired) electrons. The third-order valence-electron chi connectivity index (χ3n) is 4.43. The lowest BCUT2D eigenvalue weighted by atomic mass is 9.90. The van der Waals surface area contributed by atoms with Crippen molar-refractivity contribution in [2.24, 2.45) is 5.41 Å². The van der Waals surface area contributed by atoms with Crippen molar-refractivity contribution < 1.29 is 18.3 Å². The highest BCUT2D eigenvalue weighted by atomic mass is 19.3. The van der Waals surface area contributed by atoms with Crippen LogP contribution in [-0.4, -0.2) is 29.9 Å². The Bertz CT molecular complexity index is 667. The molecule has 22 heavy (non-hydrogen) atoms. The van der Waals surface area contributed by atoms with E-state index < -0.39 is 17.7 Å². The first-order valence-electron chi connectivity index (χ1n) is 7.15. The van der Waals surface area contributed by atoms with Gasteiger partial charge in [-0.25, -0.2) is 8.78 Å². The predicted octanol–water partition coefficient (Wildman–Crippen LogP) is 2.88. The van der Waals surface area contributed by atoms with Gasteiger partial charge in [-0.1, -0.05) is 12.1 Å².